The number of nitrogens with zero attached hydrogens (tertiary/aromatic N) is 1. The van der Waals surface area contributed by atoms with Crippen LogP contribution in [0.15, 0.2) is 140 Å². The fourth-order valence-electron chi connectivity index (χ4n) is 6.92. The minimum Gasteiger partial charge on any atom is -0.309 e. The predicted molar refractivity (Wildman–Crippen MR) is 171 cm³/mol. The van der Waals surface area contributed by atoms with Crippen molar-refractivity contribution in [3.8, 4) is 16.8 Å². The van der Waals surface area contributed by atoms with Crippen molar-refractivity contribution in [3.05, 3.63) is 151 Å². The quantitative estimate of drug-likeness (QED) is 0.207. The zero-order valence-electron chi connectivity index (χ0n) is 22.7. The lowest BCUT2D eigenvalue weighted by molar-refractivity contribution is 0.661. The molecule has 7 aromatic rings. The van der Waals surface area contributed by atoms with E-state index in [-0.39, 0.29) is 5.41 Å². The van der Waals surface area contributed by atoms with Gasteiger partial charge >= 0.3 is 0 Å². The lowest BCUT2D eigenvalue weighted by atomic mass is 9.81. The van der Waals surface area contributed by atoms with Crippen molar-refractivity contribution in [2.75, 3.05) is 0 Å². The van der Waals surface area contributed by atoms with E-state index in [0.717, 1.165) is 5.69 Å². The first-order valence-electron chi connectivity index (χ1n) is 14.0. The molecule has 0 amide bonds. The van der Waals surface area contributed by atoms with E-state index in [1.165, 1.54) is 65.6 Å². The third-order valence-electron chi connectivity index (χ3n) is 8.82. The molecule has 1 heteroatoms. The number of para-hydroxylation sites is 3. The minimum absolute atomic E-state index is 0.0735. The largest absolute Gasteiger partial charge is 0.309 e. The third-order valence-corrected chi connectivity index (χ3v) is 8.82. The number of hydrogen-bond acceptors (Lipinski definition) is 0. The molecule has 1 aliphatic rings. The lowest BCUT2D eigenvalue weighted by Gasteiger charge is -2.22. The summed E-state index contributed by atoms with van der Waals surface area (Å²) in [6, 6.07) is 51.3. The molecule has 0 spiro atoms. The average Bonchev–Trinajstić information content (AvgIpc) is 3.25. The Bertz CT molecular complexity index is 2180. The molecule has 0 saturated carbocycles. The monoisotopic (exact) mass is 511 g/mol. The maximum absolute atomic E-state index is 2.49. The molecule has 0 radical (unpaired) electrons. The molecule has 0 aliphatic heterocycles. The highest BCUT2D eigenvalue weighted by atomic mass is 15.0. The maximum Gasteiger partial charge on any atom is 0.0540 e. The van der Waals surface area contributed by atoms with Gasteiger partial charge < -0.3 is 4.57 Å². The molecule has 6 aromatic carbocycles. The first kappa shape index (κ1) is 23.0. The van der Waals surface area contributed by atoms with Crippen LogP contribution in [0, 0.1) is 0 Å². The first-order chi connectivity index (χ1) is 19.6. The number of aromatic nitrogens is 1. The van der Waals surface area contributed by atoms with Crippen LogP contribution in [0.3, 0.4) is 0 Å². The molecule has 0 unspecified atom stereocenters. The Balaban J connectivity index is 1.72. The Morgan fingerprint density at radius 2 is 0.900 bits per heavy atom. The number of fused-ring (bicyclic) bond motifs is 10. The zero-order chi connectivity index (χ0) is 26.8. The normalized spacial score (nSPS) is 13.4. The minimum atomic E-state index is -0.0735. The van der Waals surface area contributed by atoms with Gasteiger partial charge in [0.05, 0.1) is 11.0 Å². The summed E-state index contributed by atoms with van der Waals surface area (Å²) in [6.07, 6.45) is 0. The van der Waals surface area contributed by atoms with Gasteiger partial charge in [-0.2, -0.15) is 0 Å². The molecule has 190 valence electrons. The van der Waals surface area contributed by atoms with Gasteiger partial charge in [0, 0.05) is 21.9 Å². The summed E-state index contributed by atoms with van der Waals surface area (Å²) in [4.78, 5) is 0. The van der Waals surface area contributed by atoms with Crippen molar-refractivity contribution in [2.24, 2.45) is 0 Å². The molecule has 40 heavy (non-hydrogen) atoms. The van der Waals surface area contributed by atoms with Crippen LogP contribution in [0.2, 0.25) is 0 Å². The van der Waals surface area contributed by atoms with Gasteiger partial charge in [0.1, 0.15) is 0 Å². The van der Waals surface area contributed by atoms with Crippen molar-refractivity contribution < 1.29 is 0 Å². The van der Waals surface area contributed by atoms with Crippen molar-refractivity contribution in [1.82, 2.24) is 4.57 Å². The van der Waals surface area contributed by atoms with E-state index >= 15 is 0 Å². The Hall–Kier alpha value is -4.88. The predicted octanol–water partition coefficient (Wildman–Crippen LogP) is 10.5. The van der Waals surface area contributed by atoms with Crippen molar-refractivity contribution in [2.45, 2.75) is 19.3 Å². The van der Waals surface area contributed by atoms with E-state index in [4.69, 9.17) is 0 Å². The molecule has 0 atom stereocenters. The van der Waals surface area contributed by atoms with Gasteiger partial charge in [-0.25, -0.2) is 0 Å². The molecule has 1 aliphatic carbocycles. The molecule has 0 saturated heterocycles. The van der Waals surface area contributed by atoms with Crippen molar-refractivity contribution in [3.63, 3.8) is 0 Å². The molecule has 1 heterocycles. The zero-order valence-corrected chi connectivity index (χ0v) is 22.7. The van der Waals surface area contributed by atoms with Gasteiger partial charge in [-0.3, -0.25) is 0 Å². The Kier molecular flexibility index (Phi) is 4.93. The highest BCUT2D eigenvalue weighted by Crippen LogP contribution is 2.50. The van der Waals surface area contributed by atoms with E-state index in [1.54, 1.807) is 0 Å². The van der Waals surface area contributed by atoms with E-state index in [9.17, 15) is 0 Å². The Morgan fingerprint density at radius 3 is 1.60 bits per heavy atom. The molecule has 8 rings (SSSR count). The molecule has 0 bridgehead atoms. The summed E-state index contributed by atoms with van der Waals surface area (Å²) >= 11 is 0. The van der Waals surface area contributed by atoms with E-state index < -0.39 is 0 Å². The third kappa shape index (κ3) is 3.21. The van der Waals surface area contributed by atoms with Crippen LogP contribution in [0.25, 0.3) is 60.2 Å². The Morgan fingerprint density at radius 1 is 0.400 bits per heavy atom. The van der Waals surface area contributed by atoms with E-state index in [2.05, 4.69) is 158 Å². The number of rotatable bonds is 1. The first-order valence-corrected chi connectivity index (χ1v) is 14.0. The van der Waals surface area contributed by atoms with Crippen LogP contribution >= 0.6 is 0 Å². The number of hydrogen-bond donors (Lipinski definition) is 0. The summed E-state index contributed by atoms with van der Waals surface area (Å²) in [5.41, 5.74) is 8.93. The molecular formula is C39H29N. The molecular weight excluding hydrogens is 482 g/mol. The number of benzene rings is 6. The second kappa shape index (κ2) is 8.56. The van der Waals surface area contributed by atoms with Crippen LogP contribution in [0.1, 0.15) is 25.0 Å². The van der Waals surface area contributed by atoms with Gasteiger partial charge in [0.2, 0.25) is 0 Å². The van der Waals surface area contributed by atoms with Crippen LogP contribution in [0.5, 0.6) is 0 Å². The van der Waals surface area contributed by atoms with Gasteiger partial charge in [-0.15, -0.1) is 0 Å². The second-order valence-electron chi connectivity index (χ2n) is 11.4. The SMILES string of the molecule is CC1(C)c2ccccc2-c2cc3c4ccccc4c4ccccc4n(-c4ccccc4)c4ccccc4c3cc21. The van der Waals surface area contributed by atoms with Crippen LogP contribution in [-0.2, 0) is 5.41 Å². The summed E-state index contributed by atoms with van der Waals surface area (Å²) < 4.78 is 2.43. The maximum atomic E-state index is 2.49. The fraction of sp³-hybridized carbons (Fsp3) is 0.0769. The van der Waals surface area contributed by atoms with Crippen LogP contribution in [0.4, 0.5) is 0 Å². The summed E-state index contributed by atoms with van der Waals surface area (Å²) in [5, 5.41) is 7.53. The Labute approximate surface area is 234 Å². The second-order valence-corrected chi connectivity index (χ2v) is 11.4. The molecule has 0 fully saturated rings. The van der Waals surface area contributed by atoms with E-state index in [1.807, 2.05) is 0 Å². The van der Waals surface area contributed by atoms with Crippen molar-refractivity contribution >= 4 is 43.4 Å². The molecule has 1 aromatic heterocycles. The van der Waals surface area contributed by atoms with Gasteiger partial charge in [-0.1, -0.05) is 117 Å². The molecule has 0 N–H and O–H groups in total. The molecule has 1 nitrogen and oxygen atoms in total. The van der Waals surface area contributed by atoms with Crippen molar-refractivity contribution in [1.29, 1.82) is 0 Å². The van der Waals surface area contributed by atoms with Crippen LogP contribution in [-0.4, -0.2) is 4.57 Å². The summed E-state index contributed by atoms with van der Waals surface area (Å²) in [6.45, 7) is 4.73. The fourth-order valence-corrected chi connectivity index (χ4v) is 6.92. The highest BCUT2D eigenvalue weighted by Gasteiger charge is 2.35. The standard InChI is InChI=1S/C39H29N/c1-39(2)35-21-11-8-18-29(35)34-24-32-28-17-7-6-16-27(28)30-19-9-12-22-37(30)40(26-14-4-3-5-15-26)38-23-13-10-20-31(38)33(32)25-36(34)39/h3-25H,1-2H3. The van der Waals surface area contributed by atoms with Crippen LogP contribution < -0.4 is 0 Å². The topological polar surface area (TPSA) is 4.93 Å². The van der Waals surface area contributed by atoms with Gasteiger partial charge in [-0.05, 0) is 80.2 Å². The van der Waals surface area contributed by atoms with Gasteiger partial charge in [0.15, 0.2) is 0 Å². The lowest BCUT2D eigenvalue weighted by Crippen LogP contribution is -2.14. The average molecular weight is 512 g/mol. The summed E-state index contributed by atoms with van der Waals surface area (Å²) in [7, 11) is 0. The van der Waals surface area contributed by atoms with Gasteiger partial charge in [0.25, 0.3) is 0 Å². The summed E-state index contributed by atoms with van der Waals surface area (Å²) in [5.74, 6) is 0. The smallest absolute Gasteiger partial charge is 0.0540 e. The highest BCUT2D eigenvalue weighted by molar-refractivity contribution is 6.20. The van der Waals surface area contributed by atoms with E-state index in [0.29, 0.717) is 0 Å².